The van der Waals surface area contributed by atoms with Gasteiger partial charge in [0.05, 0.1) is 12.0 Å². The first-order valence-corrected chi connectivity index (χ1v) is 11.1. The first-order chi connectivity index (χ1) is 16.3. The van der Waals surface area contributed by atoms with E-state index in [2.05, 4.69) is 10.6 Å². The fourth-order valence-electron chi connectivity index (χ4n) is 3.95. The molecule has 0 bridgehead atoms. The molecule has 0 saturated heterocycles. The molecule has 174 valence electrons. The van der Waals surface area contributed by atoms with Crippen molar-refractivity contribution in [2.24, 2.45) is 0 Å². The van der Waals surface area contributed by atoms with Gasteiger partial charge in [-0.05, 0) is 47.0 Å². The molecule has 1 aliphatic heterocycles. The number of hydrogen-bond donors (Lipinski definition) is 3. The van der Waals surface area contributed by atoms with Gasteiger partial charge in [-0.15, -0.1) is 0 Å². The SMILES string of the molecule is O=C(O)COc1cccc(CNC(=O)[C@@H]2c3ccccc3C(=O)N[C@H]2c2ccc(Cl)cc2Cl)c1. The molecule has 0 radical (unpaired) electrons. The average molecular weight is 499 g/mol. The van der Waals surface area contributed by atoms with Gasteiger partial charge < -0.3 is 20.5 Å². The van der Waals surface area contributed by atoms with Crippen LogP contribution < -0.4 is 15.4 Å². The van der Waals surface area contributed by atoms with Gasteiger partial charge in [-0.25, -0.2) is 4.79 Å². The quantitative estimate of drug-likeness (QED) is 0.449. The first-order valence-electron chi connectivity index (χ1n) is 10.4. The number of aliphatic carboxylic acids is 1. The number of benzene rings is 3. The summed E-state index contributed by atoms with van der Waals surface area (Å²) in [5, 5.41) is 15.4. The Bertz CT molecular complexity index is 1260. The number of carboxylic acids is 1. The Labute approximate surface area is 205 Å². The van der Waals surface area contributed by atoms with Crippen LogP contribution in [-0.4, -0.2) is 29.5 Å². The van der Waals surface area contributed by atoms with Gasteiger partial charge >= 0.3 is 5.97 Å². The van der Waals surface area contributed by atoms with E-state index in [1.54, 1.807) is 66.7 Å². The lowest BCUT2D eigenvalue weighted by Crippen LogP contribution is -2.44. The van der Waals surface area contributed by atoms with Gasteiger partial charge in [0.15, 0.2) is 6.61 Å². The molecule has 4 rings (SSSR count). The van der Waals surface area contributed by atoms with Gasteiger partial charge in [0.25, 0.3) is 5.91 Å². The van der Waals surface area contributed by atoms with E-state index >= 15 is 0 Å². The molecule has 2 atom stereocenters. The normalized spacial score (nSPS) is 16.8. The van der Waals surface area contributed by atoms with Crippen LogP contribution in [0.1, 0.15) is 39.0 Å². The Hall–Kier alpha value is -3.55. The van der Waals surface area contributed by atoms with E-state index in [-0.39, 0.29) is 18.4 Å². The molecule has 0 spiro atoms. The number of hydrogen-bond acceptors (Lipinski definition) is 4. The maximum atomic E-state index is 13.5. The van der Waals surface area contributed by atoms with E-state index in [1.165, 1.54) is 0 Å². The van der Waals surface area contributed by atoms with Crippen molar-refractivity contribution in [3.05, 3.63) is 99.0 Å². The van der Waals surface area contributed by atoms with E-state index < -0.39 is 24.5 Å². The third-order valence-corrected chi connectivity index (χ3v) is 6.03. The van der Waals surface area contributed by atoms with Crippen LogP contribution in [0.3, 0.4) is 0 Å². The molecular weight excluding hydrogens is 479 g/mol. The van der Waals surface area contributed by atoms with Crippen molar-refractivity contribution in [1.82, 2.24) is 10.6 Å². The zero-order valence-electron chi connectivity index (χ0n) is 17.8. The molecule has 0 unspecified atom stereocenters. The summed E-state index contributed by atoms with van der Waals surface area (Å²) in [6.45, 7) is -0.283. The third-order valence-electron chi connectivity index (χ3n) is 5.47. The van der Waals surface area contributed by atoms with Crippen LogP contribution in [0.2, 0.25) is 10.0 Å². The Kier molecular flexibility index (Phi) is 7.05. The second-order valence-electron chi connectivity index (χ2n) is 7.73. The number of carbonyl (C=O) groups is 3. The summed E-state index contributed by atoms with van der Waals surface area (Å²) in [7, 11) is 0. The number of amides is 2. The average Bonchev–Trinajstić information content (AvgIpc) is 2.81. The lowest BCUT2D eigenvalue weighted by Gasteiger charge is -2.34. The van der Waals surface area contributed by atoms with E-state index in [1.807, 2.05) is 0 Å². The van der Waals surface area contributed by atoms with Gasteiger partial charge in [0.1, 0.15) is 5.75 Å². The van der Waals surface area contributed by atoms with Crippen LogP contribution in [0, 0.1) is 0 Å². The fourth-order valence-corrected chi connectivity index (χ4v) is 4.48. The Balaban J connectivity index is 1.61. The molecule has 0 saturated carbocycles. The summed E-state index contributed by atoms with van der Waals surface area (Å²) in [6, 6.07) is 18.0. The highest BCUT2D eigenvalue weighted by Crippen LogP contribution is 2.40. The Morgan fingerprint density at radius 1 is 1.00 bits per heavy atom. The van der Waals surface area contributed by atoms with Gasteiger partial charge in [-0.2, -0.15) is 0 Å². The summed E-state index contributed by atoms with van der Waals surface area (Å²) >= 11 is 12.5. The number of nitrogens with one attached hydrogen (secondary N) is 2. The van der Waals surface area contributed by atoms with Gasteiger partial charge in [0, 0.05) is 22.2 Å². The van der Waals surface area contributed by atoms with E-state index in [0.717, 1.165) is 5.56 Å². The number of rotatable bonds is 7. The highest BCUT2D eigenvalue weighted by molar-refractivity contribution is 6.35. The monoisotopic (exact) mass is 498 g/mol. The third kappa shape index (κ3) is 5.16. The second-order valence-corrected chi connectivity index (χ2v) is 8.57. The van der Waals surface area contributed by atoms with Crippen molar-refractivity contribution in [2.45, 2.75) is 18.5 Å². The Morgan fingerprint density at radius 3 is 2.56 bits per heavy atom. The van der Waals surface area contributed by atoms with Crippen LogP contribution >= 0.6 is 23.2 Å². The second kappa shape index (κ2) is 10.2. The van der Waals surface area contributed by atoms with Crippen molar-refractivity contribution >= 4 is 41.0 Å². The van der Waals surface area contributed by atoms with Gasteiger partial charge in [-0.1, -0.05) is 59.6 Å². The number of halogens is 2. The summed E-state index contributed by atoms with van der Waals surface area (Å²) < 4.78 is 5.20. The number of carbonyl (C=O) groups excluding carboxylic acids is 2. The molecule has 3 aromatic rings. The highest BCUT2D eigenvalue weighted by Gasteiger charge is 2.39. The fraction of sp³-hybridized carbons (Fsp3) is 0.160. The maximum absolute atomic E-state index is 13.5. The molecule has 1 aliphatic rings. The van der Waals surface area contributed by atoms with E-state index in [9.17, 15) is 14.4 Å². The first kappa shape index (κ1) is 23.6. The minimum Gasteiger partial charge on any atom is -0.482 e. The number of ether oxygens (including phenoxy) is 1. The summed E-state index contributed by atoms with van der Waals surface area (Å²) in [5.74, 6) is -2.03. The highest BCUT2D eigenvalue weighted by atomic mass is 35.5. The number of carboxylic acid groups (broad SMARTS) is 1. The molecule has 0 aromatic heterocycles. The molecule has 34 heavy (non-hydrogen) atoms. The van der Waals surface area contributed by atoms with Crippen LogP contribution in [0.5, 0.6) is 5.75 Å². The van der Waals surface area contributed by atoms with Crippen LogP contribution in [0.4, 0.5) is 0 Å². The zero-order valence-corrected chi connectivity index (χ0v) is 19.3. The molecule has 2 amide bonds. The minimum atomic E-state index is -1.08. The molecule has 9 heteroatoms. The summed E-state index contributed by atoms with van der Waals surface area (Å²) in [5.41, 5.74) is 2.33. The molecule has 1 heterocycles. The zero-order chi connectivity index (χ0) is 24.2. The molecular formula is C25H20Cl2N2O5. The molecule has 0 fully saturated rings. The minimum absolute atomic E-state index is 0.177. The lowest BCUT2D eigenvalue weighted by atomic mass is 9.80. The smallest absolute Gasteiger partial charge is 0.341 e. The maximum Gasteiger partial charge on any atom is 0.341 e. The predicted octanol–water partition coefficient (Wildman–Crippen LogP) is 4.34. The molecule has 0 aliphatic carbocycles. The van der Waals surface area contributed by atoms with Crippen molar-refractivity contribution in [3.63, 3.8) is 0 Å². The van der Waals surface area contributed by atoms with Crippen molar-refractivity contribution in [2.75, 3.05) is 6.61 Å². The van der Waals surface area contributed by atoms with Crippen molar-refractivity contribution < 1.29 is 24.2 Å². The molecule has 7 nitrogen and oxygen atoms in total. The van der Waals surface area contributed by atoms with Gasteiger partial charge in [0.2, 0.25) is 5.91 Å². The standard InChI is InChI=1S/C25H20Cl2N2O5/c26-15-8-9-19(20(27)11-15)23-22(17-6-1-2-7-18(17)24(32)29-23)25(33)28-12-14-4-3-5-16(10-14)34-13-21(30)31/h1-11,22-23H,12-13H2,(H,28,33)(H,29,32)(H,30,31)/t22-,23+/m1/s1. The van der Waals surface area contributed by atoms with E-state index in [4.69, 9.17) is 33.0 Å². The van der Waals surface area contributed by atoms with Crippen LogP contribution in [0.25, 0.3) is 0 Å². The topological polar surface area (TPSA) is 105 Å². The Morgan fingerprint density at radius 2 is 1.79 bits per heavy atom. The predicted molar refractivity (Wildman–Crippen MR) is 127 cm³/mol. The van der Waals surface area contributed by atoms with Crippen molar-refractivity contribution in [3.8, 4) is 5.75 Å². The lowest BCUT2D eigenvalue weighted by molar-refractivity contribution is -0.139. The van der Waals surface area contributed by atoms with E-state index in [0.29, 0.717) is 32.5 Å². The number of fused-ring (bicyclic) bond motifs is 1. The summed E-state index contributed by atoms with van der Waals surface area (Å²) in [4.78, 5) is 37.0. The van der Waals surface area contributed by atoms with Crippen molar-refractivity contribution in [1.29, 1.82) is 0 Å². The van der Waals surface area contributed by atoms with Gasteiger partial charge in [-0.3, -0.25) is 9.59 Å². The molecule has 3 aromatic carbocycles. The van der Waals surface area contributed by atoms with Crippen LogP contribution in [0.15, 0.2) is 66.7 Å². The summed E-state index contributed by atoms with van der Waals surface area (Å²) in [6.07, 6.45) is 0. The largest absolute Gasteiger partial charge is 0.482 e. The molecule has 3 N–H and O–H groups in total. The van der Waals surface area contributed by atoms with Crippen LogP contribution in [-0.2, 0) is 16.1 Å².